The van der Waals surface area contributed by atoms with Gasteiger partial charge in [-0.3, -0.25) is 9.89 Å². The van der Waals surface area contributed by atoms with E-state index in [1.807, 2.05) is 30.3 Å². The average molecular weight is 229 g/mol. The Kier molecular flexibility index (Phi) is 2.19. The van der Waals surface area contributed by atoms with Gasteiger partial charge in [-0.1, -0.05) is 35.5 Å². The molecule has 1 unspecified atom stereocenters. The van der Waals surface area contributed by atoms with E-state index >= 15 is 0 Å². The molecule has 0 amide bonds. The maximum Gasteiger partial charge on any atom is 0.362 e. The quantitative estimate of drug-likeness (QED) is 0.772. The van der Waals surface area contributed by atoms with Gasteiger partial charge in [-0.05, 0) is 0 Å². The third kappa shape index (κ3) is 1.43. The molecule has 1 aromatic carbocycles. The van der Waals surface area contributed by atoms with E-state index in [2.05, 4.69) is 10.1 Å². The number of nitrogens with zero attached hydrogens (tertiary/aromatic N) is 3. The molecular formula is C12H11N3O2. The van der Waals surface area contributed by atoms with Gasteiger partial charge in [0, 0.05) is 25.1 Å². The maximum absolute atomic E-state index is 5.35. The highest BCUT2D eigenvalue weighted by atomic mass is 16.8. The minimum Gasteiger partial charge on any atom is -0.330 e. The first-order valence-electron chi connectivity index (χ1n) is 5.23. The molecule has 1 aromatic rings. The zero-order valence-corrected chi connectivity index (χ0v) is 9.28. The monoisotopic (exact) mass is 229 g/mol. The highest BCUT2D eigenvalue weighted by molar-refractivity contribution is 6.02. The Balaban J connectivity index is 2.00. The first-order valence-corrected chi connectivity index (χ1v) is 5.23. The van der Waals surface area contributed by atoms with E-state index in [-0.39, 0.29) is 0 Å². The molecule has 2 aliphatic rings. The molecule has 2 heterocycles. The summed E-state index contributed by atoms with van der Waals surface area (Å²) >= 11 is 0. The summed E-state index contributed by atoms with van der Waals surface area (Å²) in [6.45, 7) is 0. The fourth-order valence-corrected chi connectivity index (χ4v) is 1.81. The topological polar surface area (TPSA) is 46.4 Å². The van der Waals surface area contributed by atoms with Crippen LogP contribution in [0.4, 0.5) is 0 Å². The number of fused-ring (bicyclic) bond motifs is 1. The summed E-state index contributed by atoms with van der Waals surface area (Å²) in [5.41, 5.74) is 0.964. The summed E-state index contributed by atoms with van der Waals surface area (Å²) in [4.78, 5) is 11.2. The number of hydrogen-bond acceptors (Lipinski definition) is 5. The highest BCUT2D eigenvalue weighted by Crippen LogP contribution is 2.29. The molecule has 0 radical (unpaired) electrons. The Morgan fingerprint density at radius 3 is 2.88 bits per heavy atom. The van der Waals surface area contributed by atoms with Crippen molar-refractivity contribution in [1.82, 2.24) is 4.90 Å². The number of amidine groups is 1. The molecule has 17 heavy (non-hydrogen) atoms. The molecule has 0 aromatic heterocycles. The van der Waals surface area contributed by atoms with Crippen LogP contribution in [0.2, 0.25) is 0 Å². The highest BCUT2D eigenvalue weighted by Gasteiger charge is 2.46. The van der Waals surface area contributed by atoms with Crippen molar-refractivity contribution in [2.75, 3.05) is 7.11 Å². The minimum atomic E-state index is -1.04. The Labute approximate surface area is 98.7 Å². The van der Waals surface area contributed by atoms with Gasteiger partial charge in [0.25, 0.3) is 0 Å². The van der Waals surface area contributed by atoms with Crippen molar-refractivity contribution < 1.29 is 9.57 Å². The van der Waals surface area contributed by atoms with E-state index in [0.29, 0.717) is 5.84 Å². The largest absolute Gasteiger partial charge is 0.362 e. The lowest BCUT2D eigenvalue weighted by molar-refractivity contribution is -0.204. The number of oxime groups is 1. The van der Waals surface area contributed by atoms with Crippen LogP contribution in [0, 0.1) is 0 Å². The second-order valence-electron chi connectivity index (χ2n) is 3.65. The van der Waals surface area contributed by atoms with Crippen LogP contribution in [-0.2, 0) is 9.57 Å². The number of methoxy groups -OCH3 is 1. The summed E-state index contributed by atoms with van der Waals surface area (Å²) in [5.74, 6) is -0.338. The molecule has 0 fully saturated rings. The number of benzene rings is 1. The van der Waals surface area contributed by atoms with Gasteiger partial charge in [0.05, 0.1) is 0 Å². The summed E-state index contributed by atoms with van der Waals surface area (Å²) in [7, 11) is 1.56. The molecule has 0 spiro atoms. The van der Waals surface area contributed by atoms with E-state index in [0.717, 1.165) is 5.56 Å². The fourth-order valence-electron chi connectivity index (χ4n) is 1.81. The number of rotatable bonds is 2. The van der Waals surface area contributed by atoms with Crippen molar-refractivity contribution in [2.24, 2.45) is 10.1 Å². The van der Waals surface area contributed by atoms with Gasteiger partial charge >= 0.3 is 5.91 Å². The van der Waals surface area contributed by atoms with Gasteiger partial charge in [-0.15, -0.1) is 0 Å². The van der Waals surface area contributed by atoms with Gasteiger partial charge in [0.2, 0.25) is 0 Å². The molecule has 0 saturated heterocycles. The van der Waals surface area contributed by atoms with Gasteiger partial charge < -0.3 is 9.57 Å². The zero-order chi connectivity index (χ0) is 11.7. The van der Waals surface area contributed by atoms with Gasteiger partial charge in [-0.25, -0.2) is 0 Å². The van der Waals surface area contributed by atoms with E-state index in [4.69, 9.17) is 9.57 Å². The molecule has 86 valence electrons. The molecule has 5 nitrogen and oxygen atoms in total. The Bertz CT molecular complexity index is 510. The summed E-state index contributed by atoms with van der Waals surface area (Å²) in [6.07, 6.45) is 5.03. The van der Waals surface area contributed by atoms with Crippen molar-refractivity contribution in [2.45, 2.75) is 5.91 Å². The zero-order valence-electron chi connectivity index (χ0n) is 9.28. The third-order valence-electron chi connectivity index (χ3n) is 2.69. The van der Waals surface area contributed by atoms with Crippen LogP contribution in [0.5, 0.6) is 0 Å². The lowest BCUT2D eigenvalue weighted by Crippen LogP contribution is -2.49. The molecule has 0 bridgehead atoms. The molecule has 1 atom stereocenters. The van der Waals surface area contributed by atoms with Crippen LogP contribution < -0.4 is 0 Å². The van der Waals surface area contributed by atoms with Crippen molar-refractivity contribution in [3.63, 3.8) is 0 Å². The molecule has 5 heteroatoms. The molecule has 0 saturated carbocycles. The molecular weight excluding hydrogens is 218 g/mol. The SMILES string of the molecule is COC12C=NC=CN1C(c1ccccc1)=NO2. The van der Waals surface area contributed by atoms with Crippen molar-refractivity contribution in [3.8, 4) is 0 Å². The van der Waals surface area contributed by atoms with E-state index < -0.39 is 5.91 Å². The van der Waals surface area contributed by atoms with Crippen LogP contribution in [0.1, 0.15) is 5.56 Å². The molecule has 2 aliphatic heterocycles. The van der Waals surface area contributed by atoms with Crippen molar-refractivity contribution in [3.05, 3.63) is 48.3 Å². The lowest BCUT2D eigenvalue weighted by atomic mass is 10.2. The average Bonchev–Trinajstić information content (AvgIpc) is 2.80. The van der Waals surface area contributed by atoms with Crippen molar-refractivity contribution >= 4 is 12.1 Å². The van der Waals surface area contributed by atoms with Crippen LogP contribution in [0.3, 0.4) is 0 Å². The number of hydrogen-bond donors (Lipinski definition) is 0. The smallest absolute Gasteiger partial charge is 0.330 e. The second-order valence-corrected chi connectivity index (χ2v) is 3.65. The minimum absolute atomic E-state index is 0.704. The summed E-state index contributed by atoms with van der Waals surface area (Å²) < 4.78 is 5.34. The predicted octanol–water partition coefficient (Wildman–Crippen LogP) is 1.54. The predicted molar refractivity (Wildman–Crippen MR) is 63.3 cm³/mol. The van der Waals surface area contributed by atoms with E-state index in [1.165, 1.54) is 0 Å². The number of ether oxygens (including phenoxy) is 1. The van der Waals surface area contributed by atoms with Crippen molar-refractivity contribution in [1.29, 1.82) is 0 Å². The fraction of sp³-hybridized carbons (Fsp3) is 0.167. The number of aliphatic imine (C=N–C) groups is 1. The molecule has 0 N–H and O–H groups in total. The Morgan fingerprint density at radius 1 is 1.29 bits per heavy atom. The summed E-state index contributed by atoms with van der Waals surface area (Å²) in [6, 6.07) is 9.79. The molecule has 3 rings (SSSR count). The van der Waals surface area contributed by atoms with Gasteiger partial charge in [-0.2, -0.15) is 0 Å². The van der Waals surface area contributed by atoms with Crippen LogP contribution in [-0.4, -0.2) is 30.0 Å². The summed E-state index contributed by atoms with van der Waals surface area (Å²) in [5, 5.41) is 4.07. The molecule has 0 aliphatic carbocycles. The normalized spacial score (nSPS) is 25.5. The van der Waals surface area contributed by atoms with Crippen LogP contribution in [0.15, 0.2) is 52.9 Å². The standard InChI is InChI=1S/C12H11N3O2/c1-16-12-9-13-7-8-15(12)11(14-17-12)10-5-3-2-4-6-10/h2-9H,1H3. The lowest BCUT2D eigenvalue weighted by Gasteiger charge is -2.31. The first-order chi connectivity index (χ1) is 8.36. The van der Waals surface area contributed by atoms with Crippen LogP contribution in [0.25, 0.3) is 0 Å². The van der Waals surface area contributed by atoms with Gasteiger partial charge in [0.15, 0.2) is 5.84 Å². The second kappa shape index (κ2) is 3.71. The third-order valence-corrected chi connectivity index (χ3v) is 2.69. The Hall–Kier alpha value is -2.14. The van der Waals surface area contributed by atoms with E-state index in [1.54, 1.807) is 30.6 Å². The van der Waals surface area contributed by atoms with E-state index in [9.17, 15) is 0 Å². The van der Waals surface area contributed by atoms with Gasteiger partial charge in [0.1, 0.15) is 6.21 Å². The first kappa shape index (κ1) is 10.0. The van der Waals surface area contributed by atoms with Crippen LogP contribution >= 0.6 is 0 Å². The maximum atomic E-state index is 5.35. The Morgan fingerprint density at radius 2 is 2.12 bits per heavy atom.